The molecule has 0 saturated carbocycles. The maximum absolute atomic E-state index is 12.7. The first-order valence-corrected chi connectivity index (χ1v) is 24.0. The Morgan fingerprint density at radius 2 is 0.759 bits per heavy atom. The van der Waals surface area contributed by atoms with Crippen LogP contribution in [-0.4, -0.2) is 37.2 Å². The molecule has 0 bridgehead atoms. The topological polar surface area (TPSA) is 78.9 Å². The lowest BCUT2D eigenvalue weighted by Crippen LogP contribution is -2.30. The average Bonchev–Trinajstić information content (AvgIpc) is 3.22. The number of allylic oxidation sites excluding steroid dienone is 12. The van der Waals surface area contributed by atoms with Crippen LogP contribution in [-0.2, 0) is 28.6 Å². The molecule has 0 fully saturated rings. The van der Waals surface area contributed by atoms with Crippen LogP contribution >= 0.6 is 0 Å². The summed E-state index contributed by atoms with van der Waals surface area (Å²) in [4.78, 5) is 37.8. The van der Waals surface area contributed by atoms with E-state index in [-0.39, 0.29) is 31.1 Å². The van der Waals surface area contributed by atoms with Gasteiger partial charge in [-0.1, -0.05) is 203 Å². The predicted molar refractivity (Wildman–Crippen MR) is 247 cm³/mol. The van der Waals surface area contributed by atoms with Crippen LogP contribution in [0.3, 0.4) is 0 Å². The first-order valence-electron chi connectivity index (χ1n) is 24.0. The quantitative estimate of drug-likeness (QED) is 0.0201. The van der Waals surface area contributed by atoms with E-state index in [2.05, 4.69) is 93.7 Å². The molecule has 1 unspecified atom stereocenters. The minimum atomic E-state index is -0.792. The molecule has 0 N–H and O–H groups in total. The molecule has 1 atom stereocenters. The van der Waals surface area contributed by atoms with Gasteiger partial charge in [-0.2, -0.15) is 0 Å². The largest absolute Gasteiger partial charge is 0.462 e. The lowest BCUT2D eigenvalue weighted by molar-refractivity contribution is -0.167. The van der Waals surface area contributed by atoms with Crippen molar-refractivity contribution >= 4 is 17.9 Å². The fraction of sp³-hybridized carbons (Fsp3) is 0.712. The summed E-state index contributed by atoms with van der Waals surface area (Å²) in [5.74, 6) is -0.946. The number of esters is 3. The molecule has 332 valence electrons. The summed E-state index contributed by atoms with van der Waals surface area (Å²) in [6.07, 6.45) is 57.4. The van der Waals surface area contributed by atoms with E-state index in [1.807, 2.05) is 0 Å². The van der Waals surface area contributed by atoms with Gasteiger partial charge in [0.15, 0.2) is 6.10 Å². The number of carbonyl (C=O) groups is 3. The summed E-state index contributed by atoms with van der Waals surface area (Å²) in [7, 11) is 0. The second-order valence-electron chi connectivity index (χ2n) is 15.7. The van der Waals surface area contributed by atoms with Crippen LogP contribution in [0.2, 0.25) is 0 Å². The van der Waals surface area contributed by atoms with Gasteiger partial charge in [-0.15, -0.1) is 0 Å². The zero-order chi connectivity index (χ0) is 42.3. The number of unbranched alkanes of at least 4 members (excludes halogenated alkanes) is 21. The summed E-state index contributed by atoms with van der Waals surface area (Å²) in [5, 5.41) is 0. The Balaban J connectivity index is 4.44. The van der Waals surface area contributed by atoms with Gasteiger partial charge in [0.1, 0.15) is 13.2 Å². The van der Waals surface area contributed by atoms with E-state index in [0.717, 1.165) is 89.9 Å². The van der Waals surface area contributed by atoms with Gasteiger partial charge in [0.25, 0.3) is 0 Å². The Kier molecular flexibility index (Phi) is 44.0. The normalized spacial score (nSPS) is 12.7. The SMILES string of the molecule is CC\C=C/C=C\C=C/CCCCCCCCCC(=O)OCC(COC(=O)CCCC/C=C\C/C=C\C/C=C\CC)OC(=O)CCCCCCCCCCCCCCC. The molecule has 0 aliphatic carbocycles. The first-order chi connectivity index (χ1) is 28.5. The number of ether oxygens (including phenoxy) is 3. The van der Waals surface area contributed by atoms with Crippen LogP contribution in [0.15, 0.2) is 72.9 Å². The maximum atomic E-state index is 12.7. The van der Waals surface area contributed by atoms with Crippen LogP contribution in [0.5, 0.6) is 0 Å². The third-order valence-electron chi connectivity index (χ3n) is 10.0. The minimum absolute atomic E-state index is 0.0930. The first kappa shape index (κ1) is 54.9. The zero-order valence-electron chi connectivity index (χ0n) is 37.8. The van der Waals surface area contributed by atoms with E-state index in [4.69, 9.17) is 14.2 Å². The highest BCUT2D eigenvalue weighted by atomic mass is 16.6. The van der Waals surface area contributed by atoms with Gasteiger partial charge in [-0.25, -0.2) is 0 Å². The van der Waals surface area contributed by atoms with Crippen molar-refractivity contribution in [2.45, 2.75) is 226 Å². The van der Waals surface area contributed by atoms with Crippen molar-refractivity contribution in [2.24, 2.45) is 0 Å². The van der Waals surface area contributed by atoms with Crippen molar-refractivity contribution in [1.29, 1.82) is 0 Å². The zero-order valence-corrected chi connectivity index (χ0v) is 37.8. The molecule has 0 heterocycles. The number of rotatable bonds is 42. The Morgan fingerprint density at radius 3 is 1.28 bits per heavy atom. The van der Waals surface area contributed by atoms with Crippen molar-refractivity contribution in [3.63, 3.8) is 0 Å². The van der Waals surface area contributed by atoms with Gasteiger partial charge in [-0.3, -0.25) is 14.4 Å². The molecule has 58 heavy (non-hydrogen) atoms. The second kappa shape index (κ2) is 46.5. The Hall–Kier alpha value is -3.15. The minimum Gasteiger partial charge on any atom is -0.462 e. The standard InChI is InChI=1S/C52H88O6/c1-4-7-10-13-16-19-22-25-26-28-30-33-36-39-42-45-51(54)57-48-49(47-56-50(53)44-41-38-35-32-29-24-21-18-15-12-9-6-3)58-52(55)46-43-40-37-34-31-27-23-20-17-14-11-8-5-2/h7,9-10,12-13,16,18-19,21-22,29,32,49H,4-6,8,11,14-15,17,20,23-28,30-31,33-48H2,1-3H3/b10-7-,12-9-,16-13-,21-18-,22-19-,32-29-. The molecule has 0 amide bonds. The van der Waals surface area contributed by atoms with Gasteiger partial charge < -0.3 is 14.2 Å². The molecule has 0 radical (unpaired) electrons. The van der Waals surface area contributed by atoms with Gasteiger partial charge in [0.2, 0.25) is 0 Å². The highest BCUT2D eigenvalue weighted by Crippen LogP contribution is 2.15. The highest BCUT2D eigenvalue weighted by Gasteiger charge is 2.19. The fourth-order valence-corrected chi connectivity index (χ4v) is 6.46. The van der Waals surface area contributed by atoms with E-state index in [1.54, 1.807) is 0 Å². The van der Waals surface area contributed by atoms with Crippen LogP contribution in [0.25, 0.3) is 0 Å². The molecule has 0 aliphatic heterocycles. The van der Waals surface area contributed by atoms with Crippen molar-refractivity contribution in [3.8, 4) is 0 Å². The van der Waals surface area contributed by atoms with Crippen molar-refractivity contribution in [1.82, 2.24) is 0 Å². The number of hydrogen-bond acceptors (Lipinski definition) is 6. The maximum Gasteiger partial charge on any atom is 0.306 e. The van der Waals surface area contributed by atoms with Gasteiger partial charge in [-0.05, 0) is 70.6 Å². The van der Waals surface area contributed by atoms with E-state index < -0.39 is 6.10 Å². The van der Waals surface area contributed by atoms with Crippen LogP contribution < -0.4 is 0 Å². The molecule has 0 spiro atoms. The van der Waals surface area contributed by atoms with Crippen LogP contribution in [0.1, 0.15) is 220 Å². The fourth-order valence-electron chi connectivity index (χ4n) is 6.46. The lowest BCUT2D eigenvalue weighted by Gasteiger charge is -2.18. The molecule has 0 aliphatic rings. The molecule has 0 rings (SSSR count). The number of carbonyl (C=O) groups excluding carboxylic acids is 3. The molecular formula is C52H88O6. The molecule has 0 aromatic carbocycles. The summed E-state index contributed by atoms with van der Waals surface area (Å²) in [5.41, 5.74) is 0. The lowest BCUT2D eigenvalue weighted by atomic mass is 10.0. The van der Waals surface area contributed by atoms with E-state index in [9.17, 15) is 14.4 Å². The van der Waals surface area contributed by atoms with Crippen LogP contribution in [0.4, 0.5) is 0 Å². The molecule has 0 saturated heterocycles. The summed E-state index contributed by atoms with van der Waals surface area (Å²) in [6.45, 7) is 6.34. The summed E-state index contributed by atoms with van der Waals surface area (Å²) < 4.78 is 16.7. The van der Waals surface area contributed by atoms with Crippen molar-refractivity contribution < 1.29 is 28.6 Å². The Morgan fingerprint density at radius 1 is 0.379 bits per heavy atom. The third-order valence-corrected chi connectivity index (χ3v) is 10.0. The smallest absolute Gasteiger partial charge is 0.306 e. The molecule has 6 nitrogen and oxygen atoms in total. The van der Waals surface area contributed by atoms with Gasteiger partial charge in [0.05, 0.1) is 0 Å². The molecular weight excluding hydrogens is 721 g/mol. The molecule has 6 heteroatoms. The van der Waals surface area contributed by atoms with E-state index >= 15 is 0 Å². The van der Waals surface area contributed by atoms with E-state index in [1.165, 1.54) is 89.9 Å². The van der Waals surface area contributed by atoms with Gasteiger partial charge in [0, 0.05) is 19.3 Å². The monoisotopic (exact) mass is 809 g/mol. The predicted octanol–water partition coefficient (Wildman–Crippen LogP) is 15.5. The van der Waals surface area contributed by atoms with Gasteiger partial charge >= 0.3 is 17.9 Å². The Labute approximate surface area is 357 Å². The average molecular weight is 809 g/mol. The highest BCUT2D eigenvalue weighted by molar-refractivity contribution is 5.71. The Bertz CT molecular complexity index is 1110. The summed E-state index contributed by atoms with van der Waals surface area (Å²) >= 11 is 0. The summed E-state index contributed by atoms with van der Waals surface area (Å²) in [6, 6.07) is 0. The van der Waals surface area contributed by atoms with Crippen molar-refractivity contribution in [2.75, 3.05) is 13.2 Å². The van der Waals surface area contributed by atoms with Crippen LogP contribution in [0, 0.1) is 0 Å². The van der Waals surface area contributed by atoms with E-state index in [0.29, 0.717) is 19.3 Å². The molecule has 0 aromatic rings. The number of hydrogen-bond donors (Lipinski definition) is 0. The second-order valence-corrected chi connectivity index (χ2v) is 15.7. The third kappa shape index (κ3) is 44.0. The molecule has 0 aromatic heterocycles. The van der Waals surface area contributed by atoms with Crippen molar-refractivity contribution in [3.05, 3.63) is 72.9 Å².